The number of fused-ring (bicyclic) bond motifs is 1. The standard InChI is InChI=1S/C13H8FIN2/c14-10-6-7-11-16-12(13(15)17(11)8-10)9-4-2-1-3-5-9/h1-8H. The van der Waals surface area contributed by atoms with Crippen molar-refractivity contribution < 1.29 is 4.39 Å². The predicted octanol–water partition coefficient (Wildman–Crippen LogP) is 3.75. The van der Waals surface area contributed by atoms with Gasteiger partial charge in [-0.3, -0.25) is 4.40 Å². The zero-order valence-electron chi connectivity index (χ0n) is 8.77. The molecule has 0 spiro atoms. The Balaban J connectivity index is 2.28. The number of rotatable bonds is 1. The van der Waals surface area contributed by atoms with Crippen molar-refractivity contribution in [1.29, 1.82) is 0 Å². The summed E-state index contributed by atoms with van der Waals surface area (Å²) in [5.74, 6) is -0.257. The first-order valence-corrected chi connectivity index (χ1v) is 6.22. The van der Waals surface area contributed by atoms with Gasteiger partial charge in [-0.1, -0.05) is 30.3 Å². The van der Waals surface area contributed by atoms with Crippen LogP contribution in [0.25, 0.3) is 16.9 Å². The molecule has 0 bridgehead atoms. The first kappa shape index (κ1) is 10.7. The van der Waals surface area contributed by atoms with Gasteiger partial charge in [0.2, 0.25) is 0 Å². The molecule has 2 heterocycles. The lowest BCUT2D eigenvalue weighted by Gasteiger charge is -1.97. The molecule has 2 aromatic heterocycles. The molecule has 0 N–H and O–H groups in total. The van der Waals surface area contributed by atoms with Crippen LogP contribution in [0.5, 0.6) is 0 Å². The molecule has 2 nitrogen and oxygen atoms in total. The molecule has 0 unspecified atom stereocenters. The molecular weight excluding hydrogens is 330 g/mol. The summed E-state index contributed by atoms with van der Waals surface area (Å²) in [6, 6.07) is 13.0. The highest BCUT2D eigenvalue weighted by Gasteiger charge is 2.11. The molecule has 0 aliphatic carbocycles. The van der Waals surface area contributed by atoms with Gasteiger partial charge >= 0.3 is 0 Å². The minimum Gasteiger partial charge on any atom is -0.291 e. The summed E-state index contributed by atoms with van der Waals surface area (Å²) in [6.07, 6.45) is 1.45. The van der Waals surface area contributed by atoms with Crippen LogP contribution in [0.4, 0.5) is 4.39 Å². The Bertz CT molecular complexity index is 676. The van der Waals surface area contributed by atoms with E-state index in [1.54, 1.807) is 10.5 Å². The summed E-state index contributed by atoms with van der Waals surface area (Å²) in [5, 5.41) is 0. The highest BCUT2D eigenvalue weighted by Crippen LogP contribution is 2.25. The van der Waals surface area contributed by atoms with E-state index in [0.29, 0.717) is 0 Å². The fourth-order valence-electron chi connectivity index (χ4n) is 1.77. The van der Waals surface area contributed by atoms with Crippen molar-refractivity contribution in [3.05, 3.63) is 58.2 Å². The number of hydrogen-bond donors (Lipinski definition) is 0. The van der Waals surface area contributed by atoms with Gasteiger partial charge in [0, 0.05) is 11.8 Å². The Morgan fingerprint density at radius 2 is 1.82 bits per heavy atom. The van der Waals surface area contributed by atoms with Crippen LogP contribution in [0.3, 0.4) is 0 Å². The maximum absolute atomic E-state index is 13.2. The van der Waals surface area contributed by atoms with Gasteiger partial charge in [0.05, 0.1) is 0 Å². The lowest BCUT2D eigenvalue weighted by atomic mass is 10.2. The number of aromatic nitrogens is 2. The molecule has 0 aliphatic heterocycles. The molecule has 17 heavy (non-hydrogen) atoms. The van der Waals surface area contributed by atoms with E-state index in [2.05, 4.69) is 27.6 Å². The molecule has 3 rings (SSSR count). The van der Waals surface area contributed by atoms with Gasteiger partial charge in [-0.2, -0.15) is 0 Å². The fraction of sp³-hybridized carbons (Fsp3) is 0. The third-order valence-electron chi connectivity index (χ3n) is 2.57. The second kappa shape index (κ2) is 4.10. The molecule has 0 amide bonds. The molecule has 1 aromatic carbocycles. The molecule has 4 heteroatoms. The summed E-state index contributed by atoms with van der Waals surface area (Å²) in [4.78, 5) is 4.51. The topological polar surface area (TPSA) is 17.3 Å². The van der Waals surface area contributed by atoms with Crippen molar-refractivity contribution in [3.8, 4) is 11.3 Å². The van der Waals surface area contributed by atoms with E-state index in [1.165, 1.54) is 12.3 Å². The average molecular weight is 338 g/mol. The van der Waals surface area contributed by atoms with E-state index in [0.717, 1.165) is 20.6 Å². The van der Waals surface area contributed by atoms with Crippen LogP contribution in [0, 0.1) is 9.52 Å². The molecule has 0 aliphatic rings. The van der Waals surface area contributed by atoms with E-state index in [4.69, 9.17) is 0 Å². The molecule has 3 aromatic rings. The third kappa shape index (κ3) is 1.82. The summed E-state index contributed by atoms with van der Waals surface area (Å²) >= 11 is 2.19. The molecular formula is C13H8FIN2. The first-order chi connectivity index (χ1) is 8.25. The van der Waals surface area contributed by atoms with Crippen LogP contribution in [0.2, 0.25) is 0 Å². The van der Waals surface area contributed by atoms with E-state index in [9.17, 15) is 4.39 Å². The molecule has 0 saturated heterocycles. The van der Waals surface area contributed by atoms with Gasteiger partial charge in [0.15, 0.2) is 0 Å². The number of pyridine rings is 1. The molecule has 84 valence electrons. The lowest BCUT2D eigenvalue weighted by Crippen LogP contribution is -1.88. The van der Waals surface area contributed by atoms with E-state index in [-0.39, 0.29) is 5.82 Å². The Morgan fingerprint density at radius 3 is 2.59 bits per heavy atom. The first-order valence-electron chi connectivity index (χ1n) is 5.14. The average Bonchev–Trinajstić information content (AvgIpc) is 2.68. The second-order valence-corrected chi connectivity index (χ2v) is 4.71. The highest BCUT2D eigenvalue weighted by atomic mass is 127. The number of nitrogens with zero attached hydrogens (tertiary/aromatic N) is 2. The minimum absolute atomic E-state index is 0.257. The Hall–Kier alpha value is -1.43. The third-order valence-corrected chi connectivity index (χ3v) is 3.60. The Kier molecular flexibility index (Phi) is 2.58. The number of imidazole rings is 1. The summed E-state index contributed by atoms with van der Waals surface area (Å²) in [5.41, 5.74) is 2.69. The van der Waals surface area contributed by atoms with Crippen LogP contribution in [-0.4, -0.2) is 9.38 Å². The predicted molar refractivity (Wildman–Crippen MR) is 73.3 cm³/mol. The quantitative estimate of drug-likeness (QED) is 0.618. The summed E-state index contributed by atoms with van der Waals surface area (Å²) < 4.78 is 15.9. The zero-order chi connectivity index (χ0) is 11.8. The Morgan fingerprint density at radius 1 is 1.06 bits per heavy atom. The monoisotopic (exact) mass is 338 g/mol. The second-order valence-electron chi connectivity index (χ2n) is 3.69. The maximum Gasteiger partial charge on any atom is 0.139 e. The van der Waals surface area contributed by atoms with Crippen molar-refractivity contribution in [2.24, 2.45) is 0 Å². The summed E-state index contributed by atoms with van der Waals surface area (Å²) in [7, 11) is 0. The van der Waals surface area contributed by atoms with Crippen molar-refractivity contribution in [2.45, 2.75) is 0 Å². The molecule has 0 saturated carbocycles. The minimum atomic E-state index is -0.257. The van der Waals surface area contributed by atoms with Crippen molar-refractivity contribution in [2.75, 3.05) is 0 Å². The van der Waals surface area contributed by atoms with Crippen molar-refractivity contribution in [1.82, 2.24) is 9.38 Å². The largest absolute Gasteiger partial charge is 0.291 e. The van der Waals surface area contributed by atoms with Crippen molar-refractivity contribution in [3.63, 3.8) is 0 Å². The van der Waals surface area contributed by atoms with Gasteiger partial charge in [-0.05, 0) is 34.7 Å². The van der Waals surface area contributed by atoms with Gasteiger partial charge in [0.1, 0.15) is 20.9 Å². The van der Waals surface area contributed by atoms with Gasteiger partial charge < -0.3 is 0 Å². The van der Waals surface area contributed by atoms with E-state index in [1.807, 2.05) is 30.3 Å². The molecule has 0 fully saturated rings. The SMILES string of the molecule is Fc1ccc2nc(-c3ccccc3)c(I)n2c1. The fourth-order valence-corrected chi connectivity index (χ4v) is 2.59. The van der Waals surface area contributed by atoms with Crippen LogP contribution in [-0.2, 0) is 0 Å². The lowest BCUT2D eigenvalue weighted by molar-refractivity contribution is 0.618. The molecule has 0 radical (unpaired) electrons. The van der Waals surface area contributed by atoms with Crippen molar-refractivity contribution >= 4 is 28.2 Å². The number of halogens is 2. The van der Waals surface area contributed by atoms with Gasteiger partial charge in [-0.15, -0.1) is 0 Å². The highest BCUT2D eigenvalue weighted by molar-refractivity contribution is 14.1. The molecule has 0 atom stereocenters. The maximum atomic E-state index is 13.2. The Labute approximate surface area is 111 Å². The van der Waals surface area contributed by atoms with Crippen LogP contribution >= 0.6 is 22.6 Å². The smallest absolute Gasteiger partial charge is 0.139 e. The van der Waals surface area contributed by atoms with E-state index >= 15 is 0 Å². The van der Waals surface area contributed by atoms with Gasteiger partial charge in [0.25, 0.3) is 0 Å². The van der Waals surface area contributed by atoms with Crippen LogP contribution in [0.15, 0.2) is 48.7 Å². The van der Waals surface area contributed by atoms with E-state index < -0.39 is 0 Å². The number of benzene rings is 1. The van der Waals surface area contributed by atoms with Crippen LogP contribution < -0.4 is 0 Å². The number of hydrogen-bond acceptors (Lipinski definition) is 1. The summed E-state index contributed by atoms with van der Waals surface area (Å²) in [6.45, 7) is 0. The zero-order valence-corrected chi connectivity index (χ0v) is 10.9. The van der Waals surface area contributed by atoms with Crippen LogP contribution in [0.1, 0.15) is 0 Å². The normalized spacial score (nSPS) is 10.9. The van der Waals surface area contributed by atoms with Gasteiger partial charge in [-0.25, -0.2) is 9.37 Å².